The van der Waals surface area contributed by atoms with Gasteiger partial charge < -0.3 is 9.47 Å². The van der Waals surface area contributed by atoms with Crippen molar-refractivity contribution < 1.29 is 19.1 Å². The van der Waals surface area contributed by atoms with Crippen LogP contribution < -0.4 is 0 Å². The molecule has 0 saturated heterocycles. The Labute approximate surface area is 104 Å². The lowest BCUT2D eigenvalue weighted by Crippen LogP contribution is -2.35. The molecule has 0 fully saturated rings. The number of hydrogen-bond donors (Lipinski definition) is 0. The second kappa shape index (κ2) is 5.77. The average Bonchev–Trinajstić information content (AvgIpc) is 2.77. The van der Waals surface area contributed by atoms with Crippen molar-refractivity contribution in [2.45, 2.75) is 26.2 Å². The minimum atomic E-state index is -0.600. The van der Waals surface area contributed by atoms with Gasteiger partial charge >= 0.3 is 11.9 Å². The molecule has 0 aliphatic heterocycles. The Morgan fingerprint density at radius 2 is 1.82 bits per heavy atom. The zero-order valence-electron chi connectivity index (χ0n) is 10.1. The summed E-state index contributed by atoms with van der Waals surface area (Å²) in [5.41, 5.74) is 1.84. The summed E-state index contributed by atoms with van der Waals surface area (Å²) >= 11 is 1.44. The fourth-order valence-corrected chi connectivity index (χ4v) is 1.93. The Morgan fingerprint density at radius 1 is 1.29 bits per heavy atom. The molecular formula is C11H15NO4S. The number of thiazole rings is 1. The molecule has 1 rings (SSSR count). The first-order valence-corrected chi connectivity index (χ1v) is 6.04. The highest BCUT2D eigenvalue weighted by Gasteiger charge is 2.32. The average molecular weight is 257 g/mol. The maximum Gasteiger partial charge on any atom is 0.302 e. The molecule has 0 aromatic carbocycles. The van der Waals surface area contributed by atoms with Crippen molar-refractivity contribution in [2.24, 2.45) is 0 Å². The molecule has 5 nitrogen and oxygen atoms in total. The highest BCUT2D eigenvalue weighted by Crippen LogP contribution is 2.24. The topological polar surface area (TPSA) is 65.5 Å². The molecule has 0 aliphatic carbocycles. The van der Waals surface area contributed by atoms with Gasteiger partial charge in [-0.25, -0.2) is 4.98 Å². The highest BCUT2D eigenvalue weighted by atomic mass is 32.1. The fourth-order valence-electron chi connectivity index (χ4n) is 1.22. The molecule has 94 valence electrons. The van der Waals surface area contributed by atoms with Crippen molar-refractivity contribution in [1.29, 1.82) is 0 Å². The number of rotatable bonds is 5. The van der Waals surface area contributed by atoms with Crippen molar-refractivity contribution in [3.8, 4) is 0 Å². The molecule has 1 aromatic rings. The summed E-state index contributed by atoms with van der Waals surface area (Å²) < 4.78 is 10.00. The van der Waals surface area contributed by atoms with E-state index in [1.54, 1.807) is 5.51 Å². The van der Waals surface area contributed by atoms with Gasteiger partial charge in [-0.1, -0.05) is 0 Å². The van der Waals surface area contributed by atoms with Crippen LogP contribution in [0.25, 0.3) is 0 Å². The predicted octanol–water partition coefficient (Wildman–Crippen LogP) is 1.53. The Kier molecular flexibility index (Phi) is 4.62. The summed E-state index contributed by atoms with van der Waals surface area (Å²) in [4.78, 5) is 25.9. The van der Waals surface area contributed by atoms with Crippen molar-refractivity contribution in [3.63, 3.8) is 0 Å². The first-order chi connectivity index (χ1) is 7.94. The molecular weight excluding hydrogens is 242 g/mol. The first kappa shape index (κ1) is 13.6. The standard InChI is InChI=1S/C11H15NO4S/c1-8(13)15-5-11(3,6-16-9(2)14)10-4-17-7-12-10/h4,7H,5-6H2,1-3H3. The SMILES string of the molecule is CC(=O)OCC(C)(COC(C)=O)c1cscn1. The lowest BCUT2D eigenvalue weighted by atomic mass is 9.89. The van der Waals surface area contributed by atoms with Gasteiger partial charge in [-0.3, -0.25) is 9.59 Å². The molecule has 0 bridgehead atoms. The molecule has 17 heavy (non-hydrogen) atoms. The van der Waals surface area contributed by atoms with Crippen molar-refractivity contribution >= 4 is 23.3 Å². The summed E-state index contributed by atoms with van der Waals surface area (Å²) in [5, 5.41) is 1.85. The van der Waals surface area contributed by atoms with Crippen molar-refractivity contribution in [1.82, 2.24) is 4.98 Å². The number of aromatic nitrogens is 1. The lowest BCUT2D eigenvalue weighted by molar-refractivity contribution is -0.147. The summed E-state index contributed by atoms with van der Waals surface area (Å²) in [6.07, 6.45) is 0. The molecule has 1 heterocycles. The second-order valence-electron chi connectivity index (χ2n) is 3.99. The van der Waals surface area contributed by atoms with E-state index < -0.39 is 5.41 Å². The number of carbonyl (C=O) groups is 2. The molecule has 0 atom stereocenters. The number of carbonyl (C=O) groups excluding carboxylic acids is 2. The molecule has 6 heteroatoms. The van der Waals surface area contributed by atoms with E-state index >= 15 is 0 Å². The largest absolute Gasteiger partial charge is 0.465 e. The van der Waals surface area contributed by atoms with Gasteiger partial charge in [0.2, 0.25) is 0 Å². The van der Waals surface area contributed by atoms with E-state index in [-0.39, 0.29) is 25.2 Å². The van der Waals surface area contributed by atoms with Gasteiger partial charge in [0.15, 0.2) is 0 Å². The highest BCUT2D eigenvalue weighted by molar-refractivity contribution is 7.07. The Hall–Kier alpha value is -1.43. The normalized spacial score (nSPS) is 11.0. The van der Waals surface area contributed by atoms with Crippen LogP contribution in [-0.4, -0.2) is 30.1 Å². The minimum absolute atomic E-state index is 0.138. The van der Waals surface area contributed by atoms with Crippen LogP contribution in [0, 0.1) is 0 Å². The van der Waals surface area contributed by atoms with Crippen LogP contribution in [0.4, 0.5) is 0 Å². The van der Waals surface area contributed by atoms with E-state index in [0.717, 1.165) is 5.69 Å². The second-order valence-corrected chi connectivity index (χ2v) is 4.71. The zero-order valence-corrected chi connectivity index (χ0v) is 10.9. The maximum absolute atomic E-state index is 10.9. The fraction of sp³-hybridized carbons (Fsp3) is 0.545. The molecule has 0 amide bonds. The smallest absolute Gasteiger partial charge is 0.302 e. The molecule has 1 aromatic heterocycles. The van der Waals surface area contributed by atoms with E-state index in [0.29, 0.717) is 0 Å². The third kappa shape index (κ3) is 4.14. The van der Waals surface area contributed by atoms with Gasteiger partial charge in [0.1, 0.15) is 13.2 Å². The summed E-state index contributed by atoms with van der Waals surface area (Å²) in [7, 11) is 0. The third-order valence-corrected chi connectivity index (χ3v) is 2.83. The van der Waals surface area contributed by atoms with Crippen LogP contribution >= 0.6 is 11.3 Å². The number of hydrogen-bond acceptors (Lipinski definition) is 6. The van der Waals surface area contributed by atoms with Gasteiger partial charge in [0.25, 0.3) is 0 Å². The molecule has 0 unspecified atom stereocenters. The summed E-state index contributed by atoms with van der Waals surface area (Å²) in [5.74, 6) is -0.733. The van der Waals surface area contributed by atoms with Crippen LogP contribution in [0.5, 0.6) is 0 Å². The monoisotopic (exact) mass is 257 g/mol. The quantitative estimate of drug-likeness (QED) is 0.748. The Bertz CT molecular complexity index is 370. The molecule has 0 spiro atoms. The summed E-state index contributed by atoms with van der Waals surface area (Å²) in [6, 6.07) is 0. The third-order valence-electron chi connectivity index (χ3n) is 2.24. The van der Waals surface area contributed by atoms with E-state index in [4.69, 9.17) is 9.47 Å². The number of esters is 2. The van der Waals surface area contributed by atoms with E-state index in [1.165, 1.54) is 25.2 Å². The molecule has 0 N–H and O–H groups in total. The van der Waals surface area contributed by atoms with E-state index in [1.807, 2.05) is 12.3 Å². The van der Waals surface area contributed by atoms with Gasteiger partial charge in [-0.2, -0.15) is 0 Å². The van der Waals surface area contributed by atoms with Gasteiger partial charge in [0.05, 0.1) is 16.6 Å². The molecule has 0 saturated carbocycles. The van der Waals surface area contributed by atoms with Crippen LogP contribution in [-0.2, 0) is 24.5 Å². The number of nitrogens with zero attached hydrogens (tertiary/aromatic N) is 1. The van der Waals surface area contributed by atoms with Crippen LogP contribution in [0.15, 0.2) is 10.9 Å². The van der Waals surface area contributed by atoms with Gasteiger partial charge in [-0.15, -0.1) is 11.3 Å². The van der Waals surface area contributed by atoms with Crippen LogP contribution in [0.1, 0.15) is 26.5 Å². The zero-order chi connectivity index (χ0) is 12.9. The Morgan fingerprint density at radius 3 is 2.18 bits per heavy atom. The van der Waals surface area contributed by atoms with Crippen LogP contribution in [0.2, 0.25) is 0 Å². The maximum atomic E-state index is 10.9. The van der Waals surface area contributed by atoms with Crippen molar-refractivity contribution in [2.75, 3.05) is 13.2 Å². The van der Waals surface area contributed by atoms with Gasteiger partial charge in [0, 0.05) is 19.2 Å². The Balaban J connectivity index is 2.76. The lowest BCUT2D eigenvalue weighted by Gasteiger charge is -2.26. The molecule has 0 aliphatic rings. The first-order valence-electron chi connectivity index (χ1n) is 5.09. The number of ether oxygens (including phenoxy) is 2. The predicted molar refractivity (Wildman–Crippen MR) is 62.7 cm³/mol. The van der Waals surface area contributed by atoms with Gasteiger partial charge in [-0.05, 0) is 6.92 Å². The van der Waals surface area contributed by atoms with Crippen LogP contribution in [0.3, 0.4) is 0 Å². The minimum Gasteiger partial charge on any atom is -0.465 e. The summed E-state index contributed by atoms with van der Waals surface area (Å²) in [6.45, 7) is 4.80. The van der Waals surface area contributed by atoms with E-state index in [9.17, 15) is 9.59 Å². The molecule has 0 radical (unpaired) electrons. The van der Waals surface area contributed by atoms with E-state index in [2.05, 4.69) is 4.98 Å². The van der Waals surface area contributed by atoms with Crippen molar-refractivity contribution in [3.05, 3.63) is 16.6 Å².